The molecule has 112 valence electrons. The number of halogens is 2. The highest BCUT2D eigenvalue weighted by Gasteiger charge is 2.13. The minimum Gasteiger partial charge on any atom is -0.504 e. The van der Waals surface area contributed by atoms with Gasteiger partial charge in [-0.05, 0) is 52.2 Å². The van der Waals surface area contributed by atoms with Gasteiger partial charge in [0.05, 0.1) is 10.0 Å². The van der Waals surface area contributed by atoms with Crippen LogP contribution in [-0.2, 0) is 0 Å². The zero-order valence-electron chi connectivity index (χ0n) is 11.6. The average Bonchev–Trinajstić information content (AvgIpc) is 2.58. The fourth-order valence-corrected chi connectivity index (χ4v) is 3.09. The molecule has 3 nitrogen and oxygen atoms in total. The van der Waals surface area contributed by atoms with E-state index in [9.17, 15) is 14.7 Å². The van der Waals surface area contributed by atoms with E-state index in [0.717, 1.165) is 11.1 Å². The number of benzene rings is 1. The van der Waals surface area contributed by atoms with E-state index in [4.69, 9.17) is 0 Å². The lowest BCUT2D eigenvalue weighted by Gasteiger charge is -1.99. The van der Waals surface area contributed by atoms with Crippen LogP contribution in [0.5, 0.6) is 5.75 Å². The third-order valence-corrected chi connectivity index (χ3v) is 4.15. The number of allylic oxidation sites excluding steroid dienone is 1. The Morgan fingerprint density at radius 1 is 1.18 bits per heavy atom. The fourth-order valence-electron chi connectivity index (χ4n) is 1.89. The van der Waals surface area contributed by atoms with Crippen molar-refractivity contribution < 1.29 is 9.90 Å². The number of ketones is 1. The normalized spacial score (nSPS) is 10.9. The van der Waals surface area contributed by atoms with Gasteiger partial charge in [0, 0.05) is 4.47 Å². The molecule has 0 unspecified atom stereocenters. The van der Waals surface area contributed by atoms with Crippen molar-refractivity contribution in [2.45, 2.75) is 6.92 Å². The minimum atomic E-state index is -0.627. The van der Waals surface area contributed by atoms with Crippen molar-refractivity contribution in [2.24, 2.45) is 0 Å². The quantitative estimate of drug-likeness (QED) is 0.584. The summed E-state index contributed by atoms with van der Waals surface area (Å²) in [5, 5.41) is 9.97. The molecule has 0 saturated carbocycles. The number of hydrogen-bond donors (Lipinski definition) is 1. The zero-order chi connectivity index (χ0) is 16.3. The number of carbonyl (C=O) groups is 1. The molecule has 0 bridgehead atoms. The highest BCUT2D eigenvalue weighted by atomic mass is 79.9. The van der Waals surface area contributed by atoms with E-state index in [1.165, 1.54) is 18.2 Å². The lowest BCUT2D eigenvalue weighted by atomic mass is 10.1. The van der Waals surface area contributed by atoms with Gasteiger partial charge in [-0.2, -0.15) is 0 Å². The van der Waals surface area contributed by atoms with E-state index in [1.807, 2.05) is 31.2 Å². The summed E-state index contributed by atoms with van der Waals surface area (Å²) < 4.78 is 0.697. The number of aromatic hydroxyl groups is 1. The Labute approximate surface area is 144 Å². The standard InChI is InChI=1S/C17H12Br2O3/c1-10-4-2-3-5-11(10)6-7-15(20)13-8-12(18)9-14(19)17(22)16(13)21/h2-9H,1H3,(H,21,22)/b7-6-. The summed E-state index contributed by atoms with van der Waals surface area (Å²) in [6.07, 6.45) is 3.01. The van der Waals surface area contributed by atoms with Crippen LogP contribution in [0.25, 0.3) is 6.08 Å². The molecule has 0 spiro atoms. The first-order valence-corrected chi connectivity index (χ1v) is 7.99. The number of rotatable bonds is 3. The Hall–Kier alpha value is -1.72. The Balaban J connectivity index is 2.46. The maximum atomic E-state index is 12.3. The smallest absolute Gasteiger partial charge is 0.235 e. The molecule has 2 aromatic rings. The SMILES string of the molecule is Cc1ccccc1/C=C\C(=O)c1cc(Br)cc(Br)c(=O)c1O. The molecule has 0 radical (unpaired) electrons. The van der Waals surface area contributed by atoms with Gasteiger partial charge in [0.25, 0.3) is 0 Å². The molecule has 0 fully saturated rings. The van der Waals surface area contributed by atoms with Crippen molar-refractivity contribution in [3.05, 3.63) is 78.3 Å². The van der Waals surface area contributed by atoms with Crippen molar-refractivity contribution >= 4 is 43.7 Å². The molecular weight excluding hydrogens is 412 g/mol. The second-order valence-corrected chi connectivity index (χ2v) is 6.44. The first kappa shape index (κ1) is 16.6. The predicted octanol–water partition coefficient (Wildman–Crippen LogP) is 4.48. The average molecular weight is 424 g/mol. The first-order chi connectivity index (χ1) is 10.4. The van der Waals surface area contributed by atoms with Gasteiger partial charge in [0.1, 0.15) is 0 Å². The van der Waals surface area contributed by atoms with Crippen LogP contribution in [0.3, 0.4) is 0 Å². The molecule has 0 atom stereocenters. The molecule has 1 N–H and O–H groups in total. The van der Waals surface area contributed by atoms with Gasteiger partial charge in [0.15, 0.2) is 11.5 Å². The van der Waals surface area contributed by atoms with Crippen LogP contribution in [0.15, 0.2) is 56.2 Å². The summed E-state index contributed by atoms with van der Waals surface area (Å²) in [4.78, 5) is 24.2. The second-order valence-electron chi connectivity index (χ2n) is 4.67. The van der Waals surface area contributed by atoms with Crippen LogP contribution in [-0.4, -0.2) is 10.9 Å². The summed E-state index contributed by atoms with van der Waals surface area (Å²) in [5.41, 5.74) is 1.26. The first-order valence-electron chi connectivity index (χ1n) is 6.40. The summed E-state index contributed by atoms with van der Waals surface area (Å²) in [7, 11) is 0. The Kier molecular flexibility index (Phi) is 5.32. The topological polar surface area (TPSA) is 54.4 Å². The third kappa shape index (κ3) is 3.72. The van der Waals surface area contributed by atoms with E-state index in [1.54, 1.807) is 6.08 Å². The van der Waals surface area contributed by atoms with Crippen molar-refractivity contribution in [3.8, 4) is 5.75 Å². The van der Waals surface area contributed by atoms with Crippen molar-refractivity contribution in [1.82, 2.24) is 0 Å². The number of carbonyl (C=O) groups excluding carboxylic acids is 1. The molecule has 0 heterocycles. The van der Waals surface area contributed by atoms with Crippen LogP contribution in [0.2, 0.25) is 0 Å². The molecule has 22 heavy (non-hydrogen) atoms. The van der Waals surface area contributed by atoms with Crippen LogP contribution in [0.1, 0.15) is 21.5 Å². The van der Waals surface area contributed by atoms with Gasteiger partial charge in [-0.3, -0.25) is 9.59 Å². The maximum absolute atomic E-state index is 12.3. The third-order valence-electron chi connectivity index (χ3n) is 3.10. The Morgan fingerprint density at radius 2 is 1.86 bits per heavy atom. The van der Waals surface area contributed by atoms with Crippen molar-refractivity contribution in [3.63, 3.8) is 0 Å². The molecule has 0 aliphatic rings. The summed E-state index contributed by atoms with van der Waals surface area (Å²) in [6, 6.07) is 10.5. The molecule has 0 saturated heterocycles. The molecule has 0 aliphatic heterocycles. The van der Waals surface area contributed by atoms with Crippen molar-refractivity contribution in [1.29, 1.82) is 0 Å². The van der Waals surface area contributed by atoms with Crippen molar-refractivity contribution in [2.75, 3.05) is 0 Å². The van der Waals surface area contributed by atoms with Gasteiger partial charge >= 0.3 is 0 Å². The second kappa shape index (κ2) is 7.03. The van der Waals surface area contributed by atoms with Crippen LogP contribution in [0, 0.1) is 6.92 Å². The van der Waals surface area contributed by atoms with Crippen LogP contribution < -0.4 is 5.43 Å². The van der Waals surface area contributed by atoms with E-state index in [2.05, 4.69) is 31.9 Å². The molecule has 2 aromatic carbocycles. The van der Waals surface area contributed by atoms with Gasteiger partial charge in [-0.1, -0.05) is 46.3 Å². The molecule has 5 heteroatoms. The summed E-state index contributed by atoms with van der Waals surface area (Å²) in [5.74, 6) is -1.02. The number of hydrogen-bond acceptors (Lipinski definition) is 3. The number of aryl methyl sites for hydroxylation is 1. The van der Waals surface area contributed by atoms with Gasteiger partial charge in [0.2, 0.25) is 5.43 Å². The molecule has 2 rings (SSSR count). The highest BCUT2D eigenvalue weighted by Crippen LogP contribution is 2.21. The van der Waals surface area contributed by atoms with E-state index in [-0.39, 0.29) is 10.0 Å². The molecule has 0 aromatic heterocycles. The predicted molar refractivity (Wildman–Crippen MR) is 94.3 cm³/mol. The maximum Gasteiger partial charge on any atom is 0.235 e. The zero-order valence-corrected chi connectivity index (χ0v) is 14.8. The van der Waals surface area contributed by atoms with Crippen LogP contribution >= 0.6 is 31.9 Å². The van der Waals surface area contributed by atoms with E-state index >= 15 is 0 Å². The largest absolute Gasteiger partial charge is 0.504 e. The van der Waals surface area contributed by atoms with Crippen LogP contribution in [0.4, 0.5) is 0 Å². The van der Waals surface area contributed by atoms with Gasteiger partial charge in [-0.25, -0.2) is 0 Å². The lowest BCUT2D eigenvalue weighted by Crippen LogP contribution is -2.03. The minimum absolute atomic E-state index is 0.0487. The van der Waals surface area contributed by atoms with Gasteiger partial charge in [-0.15, -0.1) is 0 Å². The monoisotopic (exact) mass is 422 g/mol. The highest BCUT2D eigenvalue weighted by molar-refractivity contribution is 9.11. The van der Waals surface area contributed by atoms with E-state index in [0.29, 0.717) is 4.47 Å². The molecular formula is C17H12Br2O3. The summed E-state index contributed by atoms with van der Waals surface area (Å²) in [6.45, 7) is 1.94. The molecule has 0 aliphatic carbocycles. The fraction of sp³-hybridized carbons (Fsp3) is 0.0588. The Morgan fingerprint density at radius 3 is 2.55 bits per heavy atom. The lowest BCUT2D eigenvalue weighted by molar-refractivity contribution is 0.104. The summed E-state index contributed by atoms with van der Waals surface area (Å²) >= 11 is 6.29. The van der Waals surface area contributed by atoms with E-state index < -0.39 is 17.0 Å². The van der Waals surface area contributed by atoms with Gasteiger partial charge < -0.3 is 5.11 Å². The molecule has 0 amide bonds. The Bertz CT molecular complexity index is 826.